The Morgan fingerprint density at radius 2 is 2.00 bits per heavy atom. The monoisotopic (exact) mass is 463 g/mol. The lowest BCUT2D eigenvalue weighted by Crippen LogP contribution is -2.52. The Labute approximate surface area is 199 Å². The molecule has 0 N–H and O–H groups in total. The predicted octanol–water partition coefficient (Wildman–Crippen LogP) is 3.19. The molecule has 2 atom stereocenters. The van der Waals surface area contributed by atoms with Gasteiger partial charge in [-0.1, -0.05) is 30.3 Å². The summed E-state index contributed by atoms with van der Waals surface area (Å²) in [7, 11) is 0. The SMILES string of the molecule is CCOc1cccc2c1OC[C@@H]1CN(CCC#N)C(=O)CCN(C(=O)COc3ccccc3)[C@H]21. The van der Waals surface area contributed by atoms with Gasteiger partial charge in [0.15, 0.2) is 18.1 Å². The first-order valence-electron chi connectivity index (χ1n) is 11.6. The second-order valence-electron chi connectivity index (χ2n) is 8.31. The Morgan fingerprint density at radius 1 is 1.18 bits per heavy atom. The number of hydrogen-bond acceptors (Lipinski definition) is 6. The Bertz CT molecular complexity index is 1050. The summed E-state index contributed by atoms with van der Waals surface area (Å²) < 4.78 is 17.6. The van der Waals surface area contributed by atoms with Crippen LogP contribution in [0.3, 0.4) is 0 Å². The molecule has 4 rings (SSSR count). The molecule has 1 saturated heterocycles. The van der Waals surface area contributed by atoms with Crippen molar-refractivity contribution >= 4 is 11.8 Å². The van der Waals surface area contributed by atoms with E-state index in [9.17, 15) is 9.59 Å². The zero-order chi connectivity index (χ0) is 23.9. The van der Waals surface area contributed by atoms with Crippen molar-refractivity contribution < 1.29 is 23.8 Å². The molecule has 2 amide bonds. The summed E-state index contributed by atoms with van der Waals surface area (Å²) in [6, 6.07) is 16.7. The molecule has 8 heteroatoms. The van der Waals surface area contributed by atoms with Crippen LogP contribution in [0.15, 0.2) is 48.5 Å². The molecule has 0 saturated carbocycles. The summed E-state index contributed by atoms with van der Waals surface area (Å²) in [6.07, 6.45) is 0.454. The maximum atomic E-state index is 13.4. The van der Waals surface area contributed by atoms with Crippen molar-refractivity contribution in [1.82, 2.24) is 9.80 Å². The molecule has 2 aromatic rings. The molecule has 0 unspecified atom stereocenters. The molecule has 34 heavy (non-hydrogen) atoms. The number of fused-ring (bicyclic) bond motifs is 3. The molecule has 2 aliphatic heterocycles. The molecule has 0 bridgehead atoms. The minimum atomic E-state index is -0.297. The molecule has 8 nitrogen and oxygen atoms in total. The molecule has 2 aromatic carbocycles. The van der Waals surface area contributed by atoms with Gasteiger partial charge in [-0.15, -0.1) is 0 Å². The quantitative estimate of drug-likeness (QED) is 0.626. The van der Waals surface area contributed by atoms with Gasteiger partial charge in [-0.25, -0.2) is 0 Å². The third-order valence-electron chi connectivity index (χ3n) is 6.15. The minimum Gasteiger partial charge on any atom is -0.490 e. The topological polar surface area (TPSA) is 92.1 Å². The maximum absolute atomic E-state index is 13.4. The smallest absolute Gasteiger partial charge is 0.261 e. The van der Waals surface area contributed by atoms with Gasteiger partial charge in [-0.05, 0) is 25.1 Å². The van der Waals surface area contributed by atoms with Crippen molar-refractivity contribution in [2.75, 3.05) is 39.5 Å². The van der Waals surface area contributed by atoms with E-state index in [1.807, 2.05) is 43.3 Å². The van der Waals surface area contributed by atoms with Crippen molar-refractivity contribution in [2.24, 2.45) is 5.92 Å². The first-order chi connectivity index (χ1) is 16.6. The van der Waals surface area contributed by atoms with Gasteiger partial charge < -0.3 is 24.0 Å². The Morgan fingerprint density at radius 3 is 2.76 bits per heavy atom. The van der Waals surface area contributed by atoms with Gasteiger partial charge in [0.05, 0.1) is 31.7 Å². The minimum absolute atomic E-state index is 0.0654. The number of nitrogens with zero attached hydrogens (tertiary/aromatic N) is 3. The second-order valence-corrected chi connectivity index (χ2v) is 8.31. The number of amides is 2. The van der Waals surface area contributed by atoms with Crippen molar-refractivity contribution in [1.29, 1.82) is 5.26 Å². The Balaban J connectivity index is 1.65. The van der Waals surface area contributed by atoms with Gasteiger partial charge in [-0.3, -0.25) is 9.59 Å². The number of rotatable bonds is 7. The molecule has 0 radical (unpaired) electrons. The Kier molecular flexibility index (Phi) is 7.53. The number of carbonyl (C=O) groups is 2. The highest BCUT2D eigenvalue weighted by molar-refractivity contribution is 5.81. The molecule has 0 aliphatic carbocycles. The largest absolute Gasteiger partial charge is 0.490 e. The van der Waals surface area contributed by atoms with Crippen LogP contribution >= 0.6 is 0 Å². The van der Waals surface area contributed by atoms with Crippen LogP contribution in [0.1, 0.15) is 31.4 Å². The molecule has 178 valence electrons. The van der Waals surface area contributed by atoms with Gasteiger partial charge in [0.1, 0.15) is 5.75 Å². The first kappa shape index (κ1) is 23.4. The molecule has 1 fully saturated rings. The van der Waals surface area contributed by atoms with E-state index in [2.05, 4.69) is 6.07 Å². The summed E-state index contributed by atoms with van der Waals surface area (Å²) in [5.74, 6) is 1.50. The molecular weight excluding hydrogens is 434 g/mol. The third-order valence-corrected chi connectivity index (χ3v) is 6.15. The number of carbonyl (C=O) groups excluding carboxylic acids is 2. The summed E-state index contributed by atoms with van der Waals surface area (Å²) in [4.78, 5) is 29.8. The molecule has 2 aliphatic rings. The summed E-state index contributed by atoms with van der Waals surface area (Å²) in [6.45, 7) is 3.66. The summed E-state index contributed by atoms with van der Waals surface area (Å²) in [5.41, 5.74) is 0.866. The van der Waals surface area contributed by atoms with Crippen LogP contribution in [-0.2, 0) is 9.59 Å². The van der Waals surface area contributed by atoms with Crippen molar-refractivity contribution in [3.63, 3.8) is 0 Å². The van der Waals surface area contributed by atoms with Crippen molar-refractivity contribution in [3.8, 4) is 23.3 Å². The summed E-state index contributed by atoms with van der Waals surface area (Å²) >= 11 is 0. The highest BCUT2D eigenvalue weighted by Crippen LogP contribution is 2.45. The van der Waals surface area contributed by atoms with Gasteiger partial charge >= 0.3 is 0 Å². The standard InChI is InChI=1S/C26H29N3O5/c1-2-32-22-11-6-10-21-25-19(17-34-26(21)22)16-28(14-7-13-27)23(30)12-15-29(25)24(31)18-33-20-8-4-3-5-9-20/h3-6,8-11,19,25H,2,7,12,14-18H2,1H3/t19-,25-/m0/s1. The predicted molar refractivity (Wildman–Crippen MR) is 124 cm³/mol. The van der Waals surface area contributed by atoms with Crippen LogP contribution in [0.5, 0.6) is 17.2 Å². The van der Waals surface area contributed by atoms with Crippen LogP contribution in [-0.4, -0.2) is 61.1 Å². The van der Waals surface area contributed by atoms with Crippen molar-refractivity contribution in [3.05, 3.63) is 54.1 Å². The Hall–Kier alpha value is -3.73. The van der Waals surface area contributed by atoms with E-state index < -0.39 is 0 Å². The zero-order valence-corrected chi connectivity index (χ0v) is 19.3. The van der Waals surface area contributed by atoms with E-state index >= 15 is 0 Å². The van der Waals surface area contributed by atoms with Gasteiger partial charge in [0.25, 0.3) is 5.91 Å². The molecular formula is C26H29N3O5. The number of para-hydroxylation sites is 2. The van der Waals surface area contributed by atoms with Crippen LogP contribution in [0.25, 0.3) is 0 Å². The average molecular weight is 464 g/mol. The van der Waals surface area contributed by atoms with Crippen LogP contribution in [0.2, 0.25) is 0 Å². The number of benzene rings is 2. The van der Waals surface area contributed by atoms with Gasteiger partial charge in [0.2, 0.25) is 5.91 Å². The van der Waals surface area contributed by atoms with Gasteiger partial charge in [-0.2, -0.15) is 5.26 Å². The van der Waals surface area contributed by atoms with Crippen LogP contribution in [0.4, 0.5) is 0 Å². The first-order valence-corrected chi connectivity index (χ1v) is 11.6. The van der Waals surface area contributed by atoms with Crippen molar-refractivity contribution in [2.45, 2.75) is 25.8 Å². The maximum Gasteiger partial charge on any atom is 0.261 e. The van der Waals surface area contributed by atoms with E-state index in [0.717, 1.165) is 5.56 Å². The number of hydrogen-bond donors (Lipinski definition) is 0. The van der Waals surface area contributed by atoms with E-state index in [4.69, 9.17) is 19.5 Å². The van der Waals surface area contributed by atoms with Crippen LogP contribution in [0, 0.1) is 17.2 Å². The van der Waals surface area contributed by atoms with E-state index in [-0.39, 0.29) is 49.8 Å². The highest BCUT2D eigenvalue weighted by Gasteiger charge is 2.41. The summed E-state index contributed by atoms with van der Waals surface area (Å²) in [5, 5.41) is 9.03. The van der Waals surface area contributed by atoms with Gasteiger partial charge in [0, 0.05) is 37.5 Å². The lowest BCUT2D eigenvalue weighted by Gasteiger charge is -2.44. The van der Waals surface area contributed by atoms with E-state index in [0.29, 0.717) is 43.6 Å². The number of ether oxygens (including phenoxy) is 3. The van der Waals surface area contributed by atoms with E-state index in [1.165, 1.54) is 0 Å². The van der Waals surface area contributed by atoms with E-state index in [1.54, 1.807) is 21.9 Å². The fourth-order valence-corrected chi connectivity index (χ4v) is 4.62. The fourth-order valence-electron chi connectivity index (χ4n) is 4.62. The second kappa shape index (κ2) is 10.9. The molecule has 0 aromatic heterocycles. The molecule has 2 heterocycles. The third kappa shape index (κ3) is 5.09. The lowest BCUT2D eigenvalue weighted by molar-refractivity contribution is -0.143. The average Bonchev–Trinajstić information content (AvgIpc) is 2.85. The van der Waals surface area contributed by atoms with Crippen LogP contribution < -0.4 is 14.2 Å². The lowest BCUT2D eigenvalue weighted by atomic mass is 9.87. The zero-order valence-electron chi connectivity index (χ0n) is 19.3. The molecule has 0 spiro atoms. The highest BCUT2D eigenvalue weighted by atomic mass is 16.5. The fraction of sp³-hybridized carbons (Fsp3) is 0.423. The normalized spacial score (nSPS) is 19.6. The number of nitriles is 1.